The molecule has 0 N–H and O–H groups in total. The molecule has 0 aliphatic heterocycles. The smallest absolute Gasteiger partial charge is 0.344 e. The first kappa shape index (κ1) is 13.6. The third-order valence-corrected chi connectivity index (χ3v) is 1.86. The summed E-state index contributed by atoms with van der Waals surface area (Å²) in [6.07, 6.45) is 0.127. The van der Waals surface area contributed by atoms with Crippen molar-refractivity contribution in [3.05, 3.63) is 11.3 Å². The van der Waals surface area contributed by atoms with Gasteiger partial charge in [-0.05, 0) is 6.92 Å². The number of methoxy groups -OCH3 is 3. The highest BCUT2D eigenvalue weighted by Crippen LogP contribution is 2.10. The lowest BCUT2D eigenvalue weighted by molar-refractivity contribution is -0.138. The van der Waals surface area contributed by atoms with Crippen LogP contribution in [0.15, 0.2) is 11.3 Å². The van der Waals surface area contributed by atoms with E-state index in [-0.39, 0.29) is 30.1 Å². The minimum atomic E-state index is -0.685. The largest absolute Gasteiger partial charge is 0.500 e. The second-order valence-electron chi connectivity index (χ2n) is 2.79. The first-order valence-corrected chi connectivity index (χ1v) is 4.43. The maximum atomic E-state index is 11.6. The van der Waals surface area contributed by atoms with Gasteiger partial charge in [0.05, 0.1) is 20.8 Å². The standard InChI is InChI=1S/C10H16O5/c1-7(14-3)9(10(12)15-4)8(11)5-6-13-2/h5-6H2,1-4H3. The second-order valence-corrected chi connectivity index (χ2v) is 2.79. The van der Waals surface area contributed by atoms with E-state index < -0.39 is 5.97 Å². The molecule has 0 aromatic rings. The lowest BCUT2D eigenvalue weighted by Crippen LogP contribution is -2.18. The molecule has 0 aliphatic rings. The molecule has 0 aromatic heterocycles. The van der Waals surface area contributed by atoms with Gasteiger partial charge in [0.2, 0.25) is 0 Å². The highest BCUT2D eigenvalue weighted by Gasteiger charge is 2.22. The molecule has 0 heterocycles. The Bertz CT molecular complexity index is 267. The minimum absolute atomic E-state index is 0.0583. The number of Topliss-reactive ketones (excluding diaryl/α,β-unsaturated/α-hetero) is 1. The zero-order chi connectivity index (χ0) is 11.8. The molecule has 0 aliphatic carbocycles. The predicted molar refractivity (Wildman–Crippen MR) is 53.2 cm³/mol. The maximum absolute atomic E-state index is 11.6. The number of ketones is 1. The highest BCUT2D eigenvalue weighted by molar-refractivity contribution is 6.17. The SMILES string of the molecule is COCCC(=O)C(C(=O)OC)=C(C)OC. The Hall–Kier alpha value is -1.36. The van der Waals surface area contributed by atoms with Crippen LogP contribution in [0.1, 0.15) is 13.3 Å². The Kier molecular flexibility index (Phi) is 6.37. The van der Waals surface area contributed by atoms with E-state index >= 15 is 0 Å². The molecule has 0 radical (unpaired) electrons. The van der Waals surface area contributed by atoms with E-state index in [1.54, 1.807) is 0 Å². The third kappa shape index (κ3) is 4.12. The minimum Gasteiger partial charge on any atom is -0.500 e. The molecule has 86 valence electrons. The zero-order valence-electron chi connectivity index (χ0n) is 9.46. The van der Waals surface area contributed by atoms with Crippen molar-refractivity contribution >= 4 is 11.8 Å². The number of carbonyl (C=O) groups is 2. The van der Waals surface area contributed by atoms with Crippen LogP contribution in [0.2, 0.25) is 0 Å². The van der Waals surface area contributed by atoms with Crippen LogP contribution in [0.25, 0.3) is 0 Å². The van der Waals surface area contributed by atoms with Gasteiger partial charge in [0, 0.05) is 13.5 Å². The Morgan fingerprint density at radius 2 is 1.67 bits per heavy atom. The van der Waals surface area contributed by atoms with Gasteiger partial charge in [-0.1, -0.05) is 0 Å². The Balaban J connectivity index is 4.80. The van der Waals surface area contributed by atoms with Crippen molar-refractivity contribution in [2.75, 3.05) is 27.9 Å². The van der Waals surface area contributed by atoms with E-state index in [4.69, 9.17) is 9.47 Å². The average Bonchev–Trinajstić information content (AvgIpc) is 2.25. The van der Waals surface area contributed by atoms with Gasteiger partial charge in [0.25, 0.3) is 0 Å². The maximum Gasteiger partial charge on any atom is 0.344 e. The van der Waals surface area contributed by atoms with Crippen LogP contribution in [0, 0.1) is 0 Å². The van der Waals surface area contributed by atoms with Gasteiger partial charge in [-0.15, -0.1) is 0 Å². The summed E-state index contributed by atoms with van der Waals surface area (Å²) in [5.41, 5.74) is -0.0583. The number of allylic oxidation sites excluding steroid dienone is 1. The van der Waals surface area contributed by atoms with Crippen LogP contribution in [0.4, 0.5) is 0 Å². The number of ether oxygens (including phenoxy) is 3. The van der Waals surface area contributed by atoms with Crippen molar-refractivity contribution in [2.24, 2.45) is 0 Å². The summed E-state index contributed by atoms with van der Waals surface area (Å²) in [6, 6.07) is 0. The molecular formula is C10H16O5. The van der Waals surface area contributed by atoms with Crippen LogP contribution in [0.5, 0.6) is 0 Å². The molecule has 0 bridgehead atoms. The molecule has 0 amide bonds. The van der Waals surface area contributed by atoms with Gasteiger partial charge in [0.15, 0.2) is 5.78 Å². The molecule has 0 fully saturated rings. The lowest BCUT2D eigenvalue weighted by atomic mass is 10.1. The molecule has 15 heavy (non-hydrogen) atoms. The van der Waals surface area contributed by atoms with Gasteiger partial charge >= 0.3 is 5.97 Å². The number of hydrogen-bond donors (Lipinski definition) is 0. The lowest BCUT2D eigenvalue weighted by Gasteiger charge is -2.08. The number of hydrogen-bond acceptors (Lipinski definition) is 5. The number of esters is 1. The molecule has 0 saturated carbocycles. The normalized spacial score (nSPS) is 11.7. The second kappa shape index (κ2) is 7.00. The quantitative estimate of drug-likeness (QED) is 0.215. The van der Waals surface area contributed by atoms with Crippen molar-refractivity contribution in [3.63, 3.8) is 0 Å². The fourth-order valence-corrected chi connectivity index (χ4v) is 0.978. The monoisotopic (exact) mass is 216 g/mol. The van der Waals surface area contributed by atoms with Crippen molar-refractivity contribution in [1.82, 2.24) is 0 Å². The van der Waals surface area contributed by atoms with E-state index in [0.717, 1.165) is 0 Å². The Morgan fingerprint density at radius 1 is 1.07 bits per heavy atom. The highest BCUT2D eigenvalue weighted by atomic mass is 16.5. The van der Waals surface area contributed by atoms with E-state index in [1.165, 1.54) is 28.3 Å². The van der Waals surface area contributed by atoms with E-state index in [9.17, 15) is 9.59 Å². The molecular weight excluding hydrogens is 200 g/mol. The van der Waals surface area contributed by atoms with Gasteiger partial charge in [-0.25, -0.2) is 4.79 Å². The summed E-state index contributed by atoms with van der Waals surface area (Å²) in [5, 5.41) is 0. The topological polar surface area (TPSA) is 61.8 Å². The van der Waals surface area contributed by atoms with Crippen molar-refractivity contribution in [1.29, 1.82) is 0 Å². The summed E-state index contributed by atoms with van der Waals surface area (Å²) < 4.78 is 14.1. The fraction of sp³-hybridized carbons (Fsp3) is 0.600. The van der Waals surface area contributed by atoms with Gasteiger partial charge < -0.3 is 14.2 Å². The number of carbonyl (C=O) groups excluding carboxylic acids is 2. The molecule has 0 saturated heterocycles. The van der Waals surface area contributed by atoms with Crippen LogP contribution in [0.3, 0.4) is 0 Å². The third-order valence-electron chi connectivity index (χ3n) is 1.86. The summed E-state index contributed by atoms with van der Waals surface area (Å²) in [4.78, 5) is 22.9. The first-order chi connectivity index (χ1) is 7.08. The number of rotatable bonds is 6. The average molecular weight is 216 g/mol. The summed E-state index contributed by atoms with van der Waals surface area (Å²) >= 11 is 0. The molecule has 0 spiro atoms. The summed E-state index contributed by atoms with van der Waals surface area (Å²) in [5.74, 6) is -0.776. The van der Waals surface area contributed by atoms with Crippen molar-refractivity contribution < 1.29 is 23.8 Å². The van der Waals surface area contributed by atoms with Crippen LogP contribution < -0.4 is 0 Å². The van der Waals surface area contributed by atoms with Gasteiger partial charge in [-0.3, -0.25) is 4.79 Å². The molecule has 5 heteroatoms. The van der Waals surface area contributed by atoms with E-state index in [1.807, 2.05) is 0 Å². The predicted octanol–water partition coefficient (Wildman–Crippen LogP) is 0.685. The molecule has 0 rings (SSSR count). The van der Waals surface area contributed by atoms with E-state index in [0.29, 0.717) is 0 Å². The zero-order valence-corrected chi connectivity index (χ0v) is 9.46. The van der Waals surface area contributed by atoms with Gasteiger partial charge in [0.1, 0.15) is 11.3 Å². The fourth-order valence-electron chi connectivity index (χ4n) is 0.978. The molecule has 0 unspecified atom stereocenters. The van der Waals surface area contributed by atoms with Crippen LogP contribution in [-0.4, -0.2) is 39.7 Å². The first-order valence-electron chi connectivity index (χ1n) is 4.43. The van der Waals surface area contributed by atoms with Crippen LogP contribution >= 0.6 is 0 Å². The summed E-state index contributed by atoms with van der Waals surface area (Å²) in [7, 11) is 4.09. The van der Waals surface area contributed by atoms with Crippen LogP contribution in [-0.2, 0) is 23.8 Å². The van der Waals surface area contributed by atoms with Gasteiger partial charge in [-0.2, -0.15) is 0 Å². The summed E-state index contributed by atoms with van der Waals surface area (Å²) in [6.45, 7) is 1.80. The molecule has 5 nitrogen and oxygen atoms in total. The molecule has 0 atom stereocenters. The van der Waals surface area contributed by atoms with Crippen molar-refractivity contribution in [3.8, 4) is 0 Å². The van der Waals surface area contributed by atoms with Crippen molar-refractivity contribution in [2.45, 2.75) is 13.3 Å². The van der Waals surface area contributed by atoms with E-state index in [2.05, 4.69) is 4.74 Å². The Labute approximate surface area is 89.0 Å². The Morgan fingerprint density at radius 3 is 2.07 bits per heavy atom. The molecule has 0 aromatic carbocycles.